The number of hydrogen-bond donors (Lipinski definition) is 1. The highest BCUT2D eigenvalue weighted by Crippen LogP contribution is 2.26. The molecule has 1 aliphatic rings. The first-order valence-corrected chi connectivity index (χ1v) is 4.01. The summed E-state index contributed by atoms with van der Waals surface area (Å²) in [5.41, 5.74) is 8.15. The van der Waals surface area contributed by atoms with Crippen molar-refractivity contribution in [2.45, 2.75) is 31.7 Å². The zero-order chi connectivity index (χ0) is 8.97. The summed E-state index contributed by atoms with van der Waals surface area (Å²) in [5.74, 6) is -1.08. The van der Waals surface area contributed by atoms with E-state index < -0.39 is 5.97 Å². The maximum Gasteiger partial charge on any atom is 0.306 e. The van der Waals surface area contributed by atoms with Crippen LogP contribution >= 0.6 is 0 Å². The molecule has 0 aromatic heterocycles. The second-order valence-electron chi connectivity index (χ2n) is 3.06. The van der Waals surface area contributed by atoms with Crippen LogP contribution in [0, 0.1) is 5.92 Å². The topological polar surface area (TPSA) is 86.1 Å². The lowest BCUT2D eigenvalue weighted by Gasteiger charge is -2.22. The third-order valence-electron chi connectivity index (χ3n) is 2.21. The third kappa shape index (κ3) is 2.13. The SMILES string of the molecule is [N-]=[N+]=NC1CCCC(C(=O)O)C1. The molecule has 66 valence electrons. The molecule has 2 unspecified atom stereocenters. The van der Waals surface area contributed by atoms with Gasteiger partial charge in [-0.15, -0.1) is 0 Å². The van der Waals surface area contributed by atoms with Crippen LogP contribution in [0.3, 0.4) is 0 Å². The predicted octanol–water partition coefficient (Wildman–Crippen LogP) is 1.94. The van der Waals surface area contributed by atoms with Gasteiger partial charge < -0.3 is 5.11 Å². The Balaban J connectivity index is 2.51. The van der Waals surface area contributed by atoms with E-state index in [2.05, 4.69) is 10.0 Å². The smallest absolute Gasteiger partial charge is 0.306 e. The van der Waals surface area contributed by atoms with Crippen molar-refractivity contribution in [1.82, 2.24) is 0 Å². The molecular formula is C7H11N3O2. The highest BCUT2D eigenvalue weighted by molar-refractivity contribution is 5.70. The second-order valence-corrected chi connectivity index (χ2v) is 3.06. The van der Waals surface area contributed by atoms with Gasteiger partial charge in [-0.3, -0.25) is 4.79 Å². The van der Waals surface area contributed by atoms with Crippen LogP contribution in [0.5, 0.6) is 0 Å². The van der Waals surface area contributed by atoms with Gasteiger partial charge in [-0.1, -0.05) is 11.5 Å². The standard InChI is InChI=1S/C7H11N3O2/c8-10-9-6-3-1-2-5(4-6)7(11)12/h5-6H,1-4H2,(H,11,12). The zero-order valence-corrected chi connectivity index (χ0v) is 6.68. The maximum absolute atomic E-state index is 10.6. The molecule has 1 rings (SSSR count). The van der Waals surface area contributed by atoms with Crippen molar-refractivity contribution >= 4 is 5.97 Å². The van der Waals surface area contributed by atoms with Gasteiger partial charge in [0.05, 0.1) is 5.92 Å². The van der Waals surface area contributed by atoms with E-state index in [1.807, 2.05) is 0 Å². The Kier molecular flexibility index (Phi) is 2.94. The fourth-order valence-electron chi connectivity index (χ4n) is 1.57. The summed E-state index contributed by atoms with van der Waals surface area (Å²) in [6.07, 6.45) is 2.89. The fourth-order valence-corrected chi connectivity index (χ4v) is 1.57. The zero-order valence-electron chi connectivity index (χ0n) is 6.68. The molecule has 0 amide bonds. The Morgan fingerprint density at radius 2 is 2.33 bits per heavy atom. The molecule has 5 heteroatoms. The number of azide groups is 1. The predicted molar refractivity (Wildman–Crippen MR) is 42.5 cm³/mol. The fraction of sp³-hybridized carbons (Fsp3) is 0.857. The molecule has 1 aliphatic carbocycles. The average Bonchev–Trinajstić information content (AvgIpc) is 2.05. The monoisotopic (exact) mass is 169 g/mol. The van der Waals surface area contributed by atoms with Gasteiger partial charge >= 0.3 is 5.97 Å². The number of carboxylic acid groups (broad SMARTS) is 1. The Hall–Kier alpha value is -1.22. The summed E-state index contributed by atoms with van der Waals surface area (Å²) >= 11 is 0. The Labute approximate surface area is 70.0 Å². The summed E-state index contributed by atoms with van der Waals surface area (Å²) in [4.78, 5) is 13.3. The minimum Gasteiger partial charge on any atom is -0.481 e. The quantitative estimate of drug-likeness (QED) is 0.389. The minimum absolute atomic E-state index is 0.107. The molecule has 12 heavy (non-hydrogen) atoms. The third-order valence-corrected chi connectivity index (χ3v) is 2.21. The highest BCUT2D eigenvalue weighted by atomic mass is 16.4. The first kappa shape index (κ1) is 8.87. The molecule has 0 bridgehead atoms. The van der Waals surface area contributed by atoms with E-state index in [0.29, 0.717) is 12.8 Å². The Morgan fingerprint density at radius 1 is 1.58 bits per heavy atom. The van der Waals surface area contributed by atoms with Crippen LogP contribution in [-0.4, -0.2) is 17.1 Å². The largest absolute Gasteiger partial charge is 0.481 e. The number of nitrogens with zero attached hydrogens (tertiary/aromatic N) is 3. The van der Waals surface area contributed by atoms with Crippen molar-refractivity contribution in [2.75, 3.05) is 0 Å². The van der Waals surface area contributed by atoms with Crippen LogP contribution in [0.4, 0.5) is 0 Å². The van der Waals surface area contributed by atoms with Gasteiger partial charge in [0.1, 0.15) is 0 Å². The van der Waals surface area contributed by atoms with Crippen LogP contribution in [0.25, 0.3) is 10.4 Å². The normalized spacial score (nSPS) is 29.0. The molecular weight excluding hydrogens is 158 g/mol. The van der Waals surface area contributed by atoms with Crippen molar-refractivity contribution in [3.63, 3.8) is 0 Å². The molecule has 5 nitrogen and oxygen atoms in total. The van der Waals surface area contributed by atoms with Crippen LogP contribution in [0.1, 0.15) is 25.7 Å². The molecule has 0 aromatic rings. The van der Waals surface area contributed by atoms with Gasteiger partial charge in [0.2, 0.25) is 0 Å². The lowest BCUT2D eigenvalue weighted by Crippen LogP contribution is -2.24. The number of hydrogen-bond acceptors (Lipinski definition) is 2. The van der Waals surface area contributed by atoms with Gasteiger partial charge in [0.15, 0.2) is 0 Å². The first-order chi connectivity index (χ1) is 5.74. The molecule has 1 fully saturated rings. The molecule has 1 saturated carbocycles. The van der Waals surface area contributed by atoms with Crippen LogP contribution in [0.2, 0.25) is 0 Å². The van der Waals surface area contributed by atoms with Gasteiger partial charge in [0.25, 0.3) is 0 Å². The molecule has 0 spiro atoms. The Morgan fingerprint density at radius 3 is 2.92 bits per heavy atom. The van der Waals surface area contributed by atoms with E-state index in [9.17, 15) is 4.79 Å². The van der Waals surface area contributed by atoms with E-state index in [4.69, 9.17) is 10.6 Å². The maximum atomic E-state index is 10.6. The summed E-state index contributed by atoms with van der Waals surface area (Å²) in [5, 5.41) is 12.2. The van der Waals surface area contributed by atoms with E-state index in [0.717, 1.165) is 12.8 Å². The summed E-state index contributed by atoms with van der Waals surface area (Å²) in [6, 6.07) is -0.107. The summed E-state index contributed by atoms with van der Waals surface area (Å²) < 4.78 is 0. The summed E-state index contributed by atoms with van der Waals surface area (Å²) in [7, 11) is 0. The molecule has 0 heterocycles. The number of carboxylic acids is 1. The number of rotatable bonds is 2. The average molecular weight is 169 g/mol. The highest BCUT2D eigenvalue weighted by Gasteiger charge is 2.25. The van der Waals surface area contributed by atoms with E-state index in [-0.39, 0.29) is 12.0 Å². The van der Waals surface area contributed by atoms with Gasteiger partial charge in [-0.2, -0.15) is 0 Å². The van der Waals surface area contributed by atoms with Crippen molar-refractivity contribution in [2.24, 2.45) is 11.0 Å². The minimum atomic E-state index is -0.771. The van der Waals surface area contributed by atoms with Crippen molar-refractivity contribution < 1.29 is 9.90 Å². The van der Waals surface area contributed by atoms with E-state index in [1.54, 1.807) is 0 Å². The number of carbonyl (C=O) groups is 1. The van der Waals surface area contributed by atoms with Crippen LogP contribution < -0.4 is 0 Å². The second kappa shape index (κ2) is 3.97. The summed E-state index contributed by atoms with van der Waals surface area (Å²) in [6.45, 7) is 0. The van der Waals surface area contributed by atoms with Crippen molar-refractivity contribution in [1.29, 1.82) is 0 Å². The van der Waals surface area contributed by atoms with Gasteiger partial charge in [0, 0.05) is 11.0 Å². The Bertz CT molecular complexity index is 215. The van der Waals surface area contributed by atoms with Gasteiger partial charge in [-0.25, -0.2) is 0 Å². The van der Waals surface area contributed by atoms with Crippen LogP contribution in [-0.2, 0) is 4.79 Å². The number of aliphatic carboxylic acids is 1. The molecule has 0 radical (unpaired) electrons. The molecule has 0 aromatic carbocycles. The molecule has 0 saturated heterocycles. The first-order valence-electron chi connectivity index (χ1n) is 4.01. The van der Waals surface area contributed by atoms with Gasteiger partial charge in [-0.05, 0) is 24.8 Å². The molecule has 0 aliphatic heterocycles. The molecule has 2 atom stereocenters. The lowest BCUT2D eigenvalue weighted by atomic mass is 9.86. The van der Waals surface area contributed by atoms with Crippen LogP contribution in [0.15, 0.2) is 5.11 Å². The van der Waals surface area contributed by atoms with E-state index in [1.165, 1.54) is 0 Å². The lowest BCUT2D eigenvalue weighted by molar-refractivity contribution is -0.142. The van der Waals surface area contributed by atoms with Crippen molar-refractivity contribution in [3.05, 3.63) is 10.4 Å². The molecule has 1 N–H and O–H groups in total. The van der Waals surface area contributed by atoms with E-state index >= 15 is 0 Å². The van der Waals surface area contributed by atoms with Crippen molar-refractivity contribution in [3.8, 4) is 0 Å².